The molecular weight excluding hydrogens is 272 g/mol. The molecule has 0 aromatic carbocycles. The van der Waals surface area contributed by atoms with Gasteiger partial charge in [-0.15, -0.1) is 0 Å². The Labute approximate surface area is 123 Å². The van der Waals surface area contributed by atoms with E-state index in [-0.39, 0.29) is 11.1 Å². The summed E-state index contributed by atoms with van der Waals surface area (Å²) in [6, 6.07) is 0. The van der Waals surface area contributed by atoms with E-state index in [2.05, 4.69) is 4.98 Å². The molecule has 6 nitrogen and oxygen atoms in total. The summed E-state index contributed by atoms with van der Waals surface area (Å²) < 4.78 is 1.84. The van der Waals surface area contributed by atoms with E-state index in [4.69, 9.17) is 10.2 Å². The van der Waals surface area contributed by atoms with E-state index in [1.54, 1.807) is 12.3 Å². The number of aliphatic carboxylic acids is 2. The van der Waals surface area contributed by atoms with Crippen LogP contribution < -0.4 is 0 Å². The Morgan fingerprint density at radius 3 is 2.29 bits per heavy atom. The number of carboxylic acids is 2. The number of imidazole rings is 1. The van der Waals surface area contributed by atoms with E-state index in [1.165, 1.54) is 19.9 Å². The van der Waals surface area contributed by atoms with Crippen LogP contribution in [0.15, 0.2) is 17.3 Å². The monoisotopic (exact) mass is 292 g/mol. The van der Waals surface area contributed by atoms with E-state index in [1.807, 2.05) is 11.5 Å². The van der Waals surface area contributed by atoms with E-state index in [9.17, 15) is 9.59 Å². The van der Waals surface area contributed by atoms with Gasteiger partial charge in [-0.05, 0) is 32.4 Å². The SMILES string of the molecule is CCCCn1c(C=C(C)C(=O)O)cnc1C=C(C)C(=O)O. The van der Waals surface area contributed by atoms with Crippen molar-refractivity contribution in [3.05, 3.63) is 28.9 Å². The lowest BCUT2D eigenvalue weighted by atomic mass is 10.2. The third-order valence-electron chi connectivity index (χ3n) is 3.04. The number of carbonyl (C=O) groups is 2. The topological polar surface area (TPSA) is 92.4 Å². The lowest BCUT2D eigenvalue weighted by Gasteiger charge is -2.08. The first-order valence-electron chi connectivity index (χ1n) is 6.75. The molecule has 0 fully saturated rings. The summed E-state index contributed by atoms with van der Waals surface area (Å²) in [5.74, 6) is -1.47. The molecule has 0 amide bonds. The Morgan fingerprint density at radius 2 is 1.76 bits per heavy atom. The quantitative estimate of drug-likeness (QED) is 0.754. The van der Waals surface area contributed by atoms with Gasteiger partial charge in [0.15, 0.2) is 0 Å². The number of aromatic nitrogens is 2. The zero-order chi connectivity index (χ0) is 16.0. The number of unbranched alkanes of at least 4 members (excludes halogenated alkanes) is 1. The second-order valence-corrected chi connectivity index (χ2v) is 4.81. The third-order valence-corrected chi connectivity index (χ3v) is 3.04. The predicted molar refractivity (Wildman–Crippen MR) is 79.7 cm³/mol. The maximum atomic E-state index is 10.9. The fourth-order valence-electron chi connectivity index (χ4n) is 1.73. The van der Waals surface area contributed by atoms with Gasteiger partial charge in [0.25, 0.3) is 0 Å². The van der Waals surface area contributed by atoms with Gasteiger partial charge in [-0.3, -0.25) is 0 Å². The second-order valence-electron chi connectivity index (χ2n) is 4.81. The van der Waals surface area contributed by atoms with Crippen LogP contribution in [-0.4, -0.2) is 31.7 Å². The van der Waals surface area contributed by atoms with Gasteiger partial charge in [0, 0.05) is 17.7 Å². The lowest BCUT2D eigenvalue weighted by Crippen LogP contribution is -2.05. The fraction of sp³-hybridized carbons (Fsp3) is 0.400. The summed E-state index contributed by atoms with van der Waals surface area (Å²) in [5, 5.41) is 17.9. The molecule has 21 heavy (non-hydrogen) atoms. The first-order valence-corrected chi connectivity index (χ1v) is 6.75. The highest BCUT2D eigenvalue weighted by Gasteiger charge is 2.10. The predicted octanol–water partition coefficient (Wildman–Crippen LogP) is 2.66. The van der Waals surface area contributed by atoms with Crippen molar-refractivity contribution in [1.29, 1.82) is 0 Å². The second kappa shape index (κ2) is 7.42. The summed E-state index contributed by atoms with van der Waals surface area (Å²) in [5.41, 5.74) is 1.05. The molecule has 0 aliphatic heterocycles. The molecule has 0 aliphatic carbocycles. The number of rotatable bonds is 7. The molecular formula is C15H20N2O4. The molecule has 0 atom stereocenters. The summed E-state index contributed by atoms with van der Waals surface area (Å²) in [6.07, 6.45) is 6.46. The van der Waals surface area contributed by atoms with Crippen LogP contribution in [0, 0.1) is 0 Å². The number of hydrogen-bond acceptors (Lipinski definition) is 3. The smallest absolute Gasteiger partial charge is 0.331 e. The first-order chi connectivity index (χ1) is 9.86. The molecule has 2 N–H and O–H groups in total. The summed E-state index contributed by atoms with van der Waals surface area (Å²) >= 11 is 0. The molecule has 1 aromatic heterocycles. The normalized spacial score (nSPS) is 12.5. The highest BCUT2D eigenvalue weighted by atomic mass is 16.4. The highest BCUT2D eigenvalue weighted by Crippen LogP contribution is 2.15. The molecule has 0 spiro atoms. The van der Waals surface area contributed by atoms with Gasteiger partial charge in [-0.1, -0.05) is 13.3 Å². The van der Waals surface area contributed by atoms with Crippen LogP contribution in [0.3, 0.4) is 0 Å². The molecule has 0 radical (unpaired) electrons. The van der Waals surface area contributed by atoms with E-state index in [0.29, 0.717) is 18.1 Å². The van der Waals surface area contributed by atoms with Crippen molar-refractivity contribution in [3.8, 4) is 0 Å². The minimum absolute atomic E-state index is 0.184. The Bertz CT molecular complexity index is 549. The maximum absolute atomic E-state index is 10.9. The molecule has 114 valence electrons. The highest BCUT2D eigenvalue weighted by molar-refractivity contribution is 5.92. The van der Waals surface area contributed by atoms with Crippen LogP contribution >= 0.6 is 0 Å². The Kier molecular flexibility index (Phi) is 5.90. The van der Waals surface area contributed by atoms with Crippen molar-refractivity contribution in [1.82, 2.24) is 9.55 Å². The molecule has 0 saturated heterocycles. The van der Waals surface area contributed by atoms with E-state index in [0.717, 1.165) is 12.8 Å². The average Bonchev–Trinajstić information content (AvgIpc) is 2.78. The summed E-state index contributed by atoms with van der Waals surface area (Å²) in [4.78, 5) is 26.0. The van der Waals surface area contributed by atoms with Gasteiger partial charge in [-0.25, -0.2) is 14.6 Å². The Balaban J connectivity index is 3.25. The van der Waals surface area contributed by atoms with Gasteiger partial charge in [-0.2, -0.15) is 0 Å². The van der Waals surface area contributed by atoms with Crippen molar-refractivity contribution in [3.63, 3.8) is 0 Å². The summed E-state index contributed by atoms with van der Waals surface area (Å²) in [6.45, 7) is 5.72. The van der Waals surface area contributed by atoms with Gasteiger partial charge >= 0.3 is 11.9 Å². The van der Waals surface area contributed by atoms with E-state index < -0.39 is 11.9 Å². The molecule has 1 heterocycles. The zero-order valence-electron chi connectivity index (χ0n) is 12.5. The summed E-state index contributed by atoms with van der Waals surface area (Å²) in [7, 11) is 0. The van der Waals surface area contributed by atoms with Gasteiger partial charge in [0.1, 0.15) is 5.82 Å². The third kappa shape index (κ3) is 4.59. The number of carboxylic acid groups (broad SMARTS) is 2. The van der Waals surface area contributed by atoms with Crippen LogP contribution in [-0.2, 0) is 16.1 Å². The number of hydrogen-bond donors (Lipinski definition) is 2. The number of nitrogens with zero attached hydrogens (tertiary/aromatic N) is 2. The van der Waals surface area contributed by atoms with Crippen LogP contribution in [0.4, 0.5) is 0 Å². The standard InChI is InChI=1S/C15H20N2O4/c1-4-5-6-17-12(7-10(2)14(18)19)9-16-13(17)8-11(3)15(20)21/h7-9H,4-6H2,1-3H3,(H,18,19)(H,20,21). The zero-order valence-corrected chi connectivity index (χ0v) is 12.5. The lowest BCUT2D eigenvalue weighted by molar-refractivity contribution is -0.133. The minimum atomic E-state index is -1.00. The molecule has 6 heteroatoms. The Morgan fingerprint density at radius 1 is 1.19 bits per heavy atom. The van der Waals surface area contributed by atoms with E-state index >= 15 is 0 Å². The van der Waals surface area contributed by atoms with Crippen LogP contribution in [0.1, 0.15) is 45.1 Å². The van der Waals surface area contributed by atoms with Crippen molar-refractivity contribution in [2.75, 3.05) is 0 Å². The molecule has 0 aliphatic rings. The van der Waals surface area contributed by atoms with Crippen molar-refractivity contribution in [2.45, 2.75) is 40.2 Å². The van der Waals surface area contributed by atoms with Crippen LogP contribution in [0.5, 0.6) is 0 Å². The molecule has 0 bridgehead atoms. The van der Waals surface area contributed by atoms with Gasteiger partial charge in [0.05, 0.1) is 11.9 Å². The molecule has 1 rings (SSSR count). The molecule has 0 unspecified atom stereocenters. The van der Waals surface area contributed by atoms with Crippen molar-refractivity contribution < 1.29 is 19.8 Å². The maximum Gasteiger partial charge on any atom is 0.331 e. The van der Waals surface area contributed by atoms with Crippen molar-refractivity contribution >= 4 is 24.1 Å². The minimum Gasteiger partial charge on any atom is -0.478 e. The first kappa shape index (κ1) is 16.7. The Hall–Kier alpha value is -2.37. The molecule has 0 saturated carbocycles. The largest absolute Gasteiger partial charge is 0.478 e. The van der Waals surface area contributed by atoms with Gasteiger partial charge < -0.3 is 14.8 Å². The molecule has 1 aromatic rings. The van der Waals surface area contributed by atoms with Crippen molar-refractivity contribution in [2.24, 2.45) is 0 Å². The van der Waals surface area contributed by atoms with Crippen LogP contribution in [0.2, 0.25) is 0 Å². The fourth-order valence-corrected chi connectivity index (χ4v) is 1.73. The van der Waals surface area contributed by atoms with Gasteiger partial charge in [0.2, 0.25) is 0 Å². The average molecular weight is 292 g/mol. The van der Waals surface area contributed by atoms with Crippen LogP contribution in [0.25, 0.3) is 12.2 Å².